The number of hydrogen-bond donors (Lipinski definition) is 0. The maximum absolute atomic E-state index is 2.38. The first-order valence-corrected chi connectivity index (χ1v) is 14.2. The molecule has 180 valence electrons. The normalized spacial score (nSPS) is 11.8. The molecule has 0 atom stereocenters. The average molecular weight is 431 g/mol. The molecule has 0 fully saturated rings. The van der Waals surface area contributed by atoms with Crippen LogP contribution in [0.5, 0.6) is 0 Å². The molecule has 1 heteroatoms. The highest BCUT2D eigenvalue weighted by molar-refractivity contribution is 5.14. The van der Waals surface area contributed by atoms with Crippen molar-refractivity contribution >= 4 is 0 Å². The first kappa shape index (κ1) is 28.2. The molecule has 0 bridgehead atoms. The van der Waals surface area contributed by atoms with Gasteiger partial charge in [-0.15, -0.1) is 0 Å². The van der Waals surface area contributed by atoms with Gasteiger partial charge in [-0.1, -0.05) is 122 Å². The Morgan fingerprint density at radius 2 is 0.903 bits per heavy atom. The Bertz CT molecular complexity index is 474. The maximum Gasteiger partial charge on any atom is 0.0789 e. The molecule has 0 saturated heterocycles. The van der Waals surface area contributed by atoms with E-state index < -0.39 is 0 Å². The number of unbranched alkanes of at least 4 members (excludes halogenated alkanes) is 12. The highest BCUT2D eigenvalue weighted by Crippen LogP contribution is 2.18. The summed E-state index contributed by atoms with van der Waals surface area (Å²) in [7, 11) is 0. The van der Waals surface area contributed by atoms with E-state index >= 15 is 0 Å². The number of quaternary nitrogens is 1. The Kier molecular flexibility index (Phi) is 18.1. The van der Waals surface area contributed by atoms with E-state index in [-0.39, 0.29) is 0 Å². The minimum Gasteiger partial charge on any atom is -0.324 e. The Morgan fingerprint density at radius 3 is 1.39 bits per heavy atom. The van der Waals surface area contributed by atoms with Gasteiger partial charge < -0.3 is 4.48 Å². The predicted molar refractivity (Wildman–Crippen MR) is 141 cm³/mol. The lowest BCUT2D eigenvalue weighted by Gasteiger charge is -2.39. The van der Waals surface area contributed by atoms with Gasteiger partial charge in [0.25, 0.3) is 0 Å². The van der Waals surface area contributed by atoms with Crippen molar-refractivity contribution in [1.29, 1.82) is 0 Å². The summed E-state index contributed by atoms with van der Waals surface area (Å²) < 4.78 is 1.37. The summed E-state index contributed by atoms with van der Waals surface area (Å²) in [5.41, 5.74) is 1.51. The molecule has 1 aromatic rings. The molecular formula is C30H56N+. The van der Waals surface area contributed by atoms with Crippen molar-refractivity contribution < 1.29 is 4.48 Å². The fraction of sp³-hybridized carbons (Fsp3) is 0.800. The molecular weight excluding hydrogens is 374 g/mol. The van der Waals surface area contributed by atoms with Gasteiger partial charge in [0.15, 0.2) is 0 Å². The summed E-state index contributed by atoms with van der Waals surface area (Å²) in [5, 5.41) is 0. The van der Waals surface area contributed by atoms with E-state index in [0.29, 0.717) is 0 Å². The van der Waals surface area contributed by atoms with Gasteiger partial charge in [-0.25, -0.2) is 0 Å². The molecule has 31 heavy (non-hydrogen) atoms. The monoisotopic (exact) mass is 430 g/mol. The average Bonchev–Trinajstić information content (AvgIpc) is 2.78. The Balaban J connectivity index is 2.16. The van der Waals surface area contributed by atoms with E-state index in [9.17, 15) is 0 Å². The van der Waals surface area contributed by atoms with Gasteiger partial charge in [-0.05, 0) is 37.7 Å². The third-order valence-corrected chi connectivity index (χ3v) is 7.07. The molecule has 0 spiro atoms. The number of aryl methyl sites for hydroxylation is 1. The lowest BCUT2D eigenvalue weighted by Crippen LogP contribution is -2.50. The van der Waals surface area contributed by atoms with Crippen molar-refractivity contribution in [2.45, 2.75) is 130 Å². The molecule has 0 aromatic heterocycles. The van der Waals surface area contributed by atoms with E-state index in [1.807, 2.05) is 0 Å². The summed E-state index contributed by atoms with van der Waals surface area (Å²) in [6.07, 6.45) is 24.1. The molecule has 0 aliphatic carbocycles. The molecule has 0 aliphatic heterocycles. The van der Waals surface area contributed by atoms with Crippen molar-refractivity contribution in [1.82, 2.24) is 0 Å². The molecule has 0 unspecified atom stereocenters. The van der Waals surface area contributed by atoms with Gasteiger partial charge in [-0.3, -0.25) is 0 Å². The van der Waals surface area contributed by atoms with Crippen LogP contribution < -0.4 is 0 Å². The van der Waals surface area contributed by atoms with Crippen molar-refractivity contribution in [3.05, 3.63) is 35.9 Å². The summed E-state index contributed by atoms with van der Waals surface area (Å²) in [6, 6.07) is 11.1. The second-order valence-electron chi connectivity index (χ2n) is 10.1. The van der Waals surface area contributed by atoms with Crippen LogP contribution in [0, 0.1) is 0 Å². The number of hydrogen-bond acceptors (Lipinski definition) is 0. The zero-order valence-corrected chi connectivity index (χ0v) is 21.7. The SMILES string of the molecule is CCCCCCCCCCCCCCC[N+](CCC)(CCC)CCCc1ccccc1. The van der Waals surface area contributed by atoms with E-state index in [2.05, 4.69) is 51.1 Å². The van der Waals surface area contributed by atoms with E-state index in [0.717, 1.165) is 0 Å². The van der Waals surface area contributed by atoms with Gasteiger partial charge in [0.2, 0.25) is 0 Å². The predicted octanol–water partition coefficient (Wildman–Crippen LogP) is 9.35. The van der Waals surface area contributed by atoms with Crippen molar-refractivity contribution in [2.24, 2.45) is 0 Å². The van der Waals surface area contributed by atoms with Gasteiger partial charge in [-0.2, -0.15) is 0 Å². The van der Waals surface area contributed by atoms with E-state index in [1.165, 1.54) is 145 Å². The first-order chi connectivity index (χ1) is 15.3. The molecule has 0 heterocycles. The third-order valence-electron chi connectivity index (χ3n) is 7.07. The minimum absolute atomic E-state index is 1.24. The number of rotatable bonds is 22. The van der Waals surface area contributed by atoms with Crippen LogP contribution in [0.1, 0.15) is 129 Å². The summed E-state index contributed by atoms with van der Waals surface area (Å²) in [5.74, 6) is 0. The molecule has 0 amide bonds. The highest BCUT2D eigenvalue weighted by atomic mass is 15.3. The quantitative estimate of drug-likeness (QED) is 0.127. The van der Waals surface area contributed by atoms with Crippen LogP contribution in [0.2, 0.25) is 0 Å². The molecule has 0 radical (unpaired) electrons. The second-order valence-corrected chi connectivity index (χ2v) is 10.1. The second kappa shape index (κ2) is 19.8. The number of nitrogens with zero attached hydrogens (tertiary/aromatic N) is 1. The molecule has 1 aromatic carbocycles. The Labute approximate surface area is 196 Å². The molecule has 0 saturated carbocycles. The third kappa shape index (κ3) is 14.8. The molecule has 0 N–H and O–H groups in total. The largest absolute Gasteiger partial charge is 0.324 e. The van der Waals surface area contributed by atoms with Crippen molar-refractivity contribution in [3.8, 4) is 0 Å². The van der Waals surface area contributed by atoms with Crippen LogP contribution in [0.15, 0.2) is 30.3 Å². The van der Waals surface area contributed by atoms with Crippen LogP contribution in [0.4, 0.5) is 0 Å². The first-order valence-electron chi connectivity index (χ1n) is 14.2. The lowest BCUT2D eigenvalue weighted by atomic mass is 10.0. The van der Waals surface area contributed by atoms with Gasteiger partial charge in [0, 0.05) is 6.42 Å². The van der Waals surface area contributed by atoms with E-state index in [1.54, 1.807) is 0 Å². The zero-order chi connectivity index (χ0) is 22.5. The van der Waals surface area contributed by atoms with Crippen molar-refractivity contribution in [3.63, 3.8) is 0 Å². The number of benzene rings is 1. The molecule has 1 rings (SSSR count). The summed E-state index contributed by atoms with van der Waals surface area (Å²) >= 11 is 0. The van der Waals surface area contributed by atoms with Gasteiger partial charge >= 0.3 is 0 Å². The Morgan fingerprint density at radius 1 is 0.452 bits per heavy atom. The van der Waals surface area contributed by atoms with E-state index in [4.69, 9.17) is 0 Å². The lowest BCUT2D eigenvalue weighted by molar-refractivity contribution is -0.928. The fourth-order valence-corrected chi connectivity index (χ4v) is 5.35. The van der Waals surface area contributed by atoms with Crippen LogP contribution in [-0.2, 0) is 6.42 Å². The van der Waals surface area contributed by atoms with Gasteiger partial charge in [0.1, 0.15) is 0 Å². The smallest absolute Gasteiger partial charge is 0.0789 e. The van der Waals surface area contributed by atoms with Crippen LogP contribution in [-0.4, -0.2) is 30.7 Å². The summed E-state index contributed by atoms with van der Waals surface area (Å²) in [4.78, 5) is 0. The summed E-state index contributed by atoms with van der Waals surface area (Å²) in [6.45, 7) is 12.6. The fourth-order valence-electron chi connectivity index (χ4n) is 5.35. The Hall–Kier alpha value is -0.820. The van der Waals surface area contributed by atoms with Gasteiger partial charge in [0.05, 0.1) is 26.2 Å². The molecule has 0 aliphatic rings. The standard InChI is InChI=1S/C30H56N/c1-4-7-8-9-10-11-12-13-14-15-16-17-21-28-31(26-5-2,27-6-3)29-22-25-30-23-19-18-20-24-30/h18-20,23-24H,4-17,21-22,25-29H2,1-3H3/q+1. The molecule has 1 nitrogen and oxygen atoms in total. The van der Waals surface area contributed by atoms with Crippen LogP contribution in [0.25, 0.3) is 0 Å². The van der Waals surface area contributed by atoms with Crippen molar-refractivity contribution in [2.75, 3.05) is 26.2 Å². The maximum atomic E-state index is 2.38. The van der Waals surface area contributed by atoms with Crippen LogP contribution >= 0.6 is 0 Å². The minimum atomic E-state index is 1.24. The zero-order valence-electron chi connectivity index (χ0n) is 21.7. The van der Waals surface area contributed by atoms with Crippen LogP contribution in [0.3, 0.4) is 0 Å². The topological polar surface area (TPSA) is 0 Å². The highest BCUT2D eigenvalue weighted by Gasteiger charge is 2.24.